The Balaban J connectivity index is 1.33. The van der Waals surface area contributed by atoms with Gasteiger partial charge in [-0.3, -0.25) is 14.6 Å². The summed E-state index contributed by atoms with van der Waals surface area (Å²) in [5, 5.41) is 7.61. The van der Waals surface area contributed by atoms with Crippen molar-refractivity contribution < 1.29 is 0 Å². The third-order valence-corrected chi connectivity index (χ3v) is 5.37. The molecule has 4 heterocycles. The van der Waals surface area contributed by atoms with E-state index in [1.165, 1.54) is 11.4 Å². The normalized spacial score (nSPS) is 15.8. The second kappa shape index (κ2) is 7.88. The predicted octanol–water partition coefficient (Wildman–Crippen LogP) is 3.64. The Kier molecular flexibility index (Phi) is 5.16. The monoisotopic (exact) mass is 362 g/mol. The van der Waals surface area contributed by atoms with Crippen molar-refractivity contribution in [1.82, 2.24) is 24.6 Å². The van der Waals surface area contributed by atoms with Crippen LogP contribution in [0.15, 0.2) is 48.9 Å². The summed E-state index contributed by atoms with van der Waals surface area (Å²) in [5.74, 6) is 1.42. The molecule has 0 bridgehead atoms. The highest BCUT2D eigenvalue weighted by Gasteiger charge is 2.22. The molecule has 0 saturated carbocycles. The van der Waals surface area contributed by atoms with Crippen LogP contribution in [0.2, 0.25) is 0 Å². The lowest BCUT2D eigenvalue weighted by Gasteiger charge is -2.31. The van der Waals surface area contributed by atoms with Crippen molar-refractivity contribution in [3.8, 4) is 0 Å². The standard InChI is InChI=1S/C21H26N6/c1-16-4-3-10-22-21(16)25-18-5-6-20(23-14-18)17-8-12-27(13-9-17)15-19-7-11-24-26(19)2/h3-7,10-11,14,17H,8-9,12-13,15H2,1-2H3,(H,22,25). The molecule has 0 spiro atoms. The molecule has 0 aromatic carbocycles. The van der Waals surface area contributed by atoms with Gasteiger partial charge in [-0.1, -0.05) is 6.07 Å². The van der Waals surface area contributed by atoms with E-state index in [2.05, 4.69) is 51.5 Å². The minimum Gasteiger partial charge on any atom is -0.339 e. The van der Waals surface area contributed by atoms with Gasteiger partial charge in [0.05, 0.1) is 17.6 Å². The van der Waals surface area contributed by atoms with E-state index in [4.69, 9.17) is 4.98 Å². The van der Waals surface area contributed by atoms with E-state index < -0.39 is 0 Å². The molecule has 1 fully saturated rings. The summed E-state index contributed by atoms with van der Waals surface area (Å²) in [6, 6.07) is 10.4. The number of anilines is 2. The molecular formula is C21H26N6. The molecule has 3 aromatic heterocycles. The molecule has 1 aliphatic heterocycles. The highest BCUT2D eigenvalue weighted by Crippen LogP contribution is 2.28. The number of likely N-dealkylation sites (tertiary alicyclic amines) is 1. The first-order chi connectivity index (χ1) is 13.2. The second-order valence-electron chi connectivity index (χ2n) is 7.26. The molecule has 4 rings (SSSR count). The van der Waals surface area contributed by atoms with E-state index in [0.29, 0.717) is 5.92 Å². The number of rotatable bonds is 5. The van der Waals surface area contributed by atoms with Crippen LogP contribution in [-0.2, 0) is 13.6 Å². The number of nitrogens with one attached hydrogen (secondary N) is 1. The SMILES string of the molecule is Cc1cccnc1Nc1ccc(C2CCN(Cc3ccnn3C)CC2)nc1. The van der Waals surface area contributed by atoms with E-state index >= 15 is 0 Å². The van der Waals surface area contributed by atoms with Gasteiger partial charge in [0.15, 0.2) is 0 Å². The predicted molar refractivity (Wildman–Crippen MR) is 107 cm³/mol. The lowest BCUT2D eigenvalue weighted by atomic mass is 9.93. The fourth-order valence-electron chi connectivity index (χ4n) is 3.65. The van der Waals surface area contributed by atoms with Crippen LogP contribution in [0.25, 0.3) is 0 Å². The zero-order valence-corrected chi connectivity index (χ0v) is 16.0. The third kappa shape index (κ3) is 4.17. The van der Waals surface area contributed by atoms with Gasteiger partial charge in [-0.15, -0.1) is 0 Å². The van der Waals surface area contributed by atoms with E-state index in [1.807, 2.05) is 30.2 Å². The maximum atomic E-state index is 4.72. The average molecular weight is 362 g/mol. The Labute approximate surface area is 160 Å². The minimum atomic E-state index is 0.540. The zero-order valence-electron chi connectivity index (χ0n) is 16.0. The van der Waals surface area contributed by atoms with Gasteiger partial charge in [0.25, 0.3) is 0 Å². The first-order valence-corrected chi connectivity index (χ1v) is 9.53. The highest BCUT2D eigenvalue weighted by molar-refractivity contribution is 5.57. The molecule has 0 amide bonds. The molecule has 27 heavy (non-hydrogen) atoms. The maximum absolute atomic E-state index is 4.72. The molecule has 1 N–H and O–H groups in total. The fourth-order valence-corrected chi connectivity index (χ4v) is 3.65. The largest absolute Gasteiger partial charge is 0.339 e. The number of aryl methyl sites for hydroxylation is 2. The van der Waals surface area contributed by atoms with Gasteiger partial charge in [-0.2, -0.15) is 5.10 Å². The van der Waals surface area contributed by atoms with Crippen molar-refractivity contribution in [3.05, 3.63) is 65.9 Å². The zero-order chi connectivity index (χ0) is 18.6. The Bertz CT molecular complexity index is 878. The van der Waals surface area contributed by atoms with Gasteiger partial charge in [-0.25, -0.2) is 4.98 Å². The van der Waals surface area contributed by atoms with Crippen molar-refractivity contribution in [1.29, 1.82) is 0 Å². The Morgan fingerprint density at radius 2 is 1.93 bits per heavy atom. The summed E-state index contributed by atoms with van der Waals surface area (Å²) in [5.41, 5.74) is 4.57. The van der Waals surface area contributed by atoms with Crippen LogP contribution >= 0.6 is 0 Å². The summed E-state index contributed by atoms with van der Waals surface area (Å²) >= 11 is 0. The molecular weight excluding hydrogens is 336 g/mol. The average Bonchev–Trinajstić information content (AvgIpc) is 3.10. The lowest BCUT2D eigenvalue weighted by Crippen LogP contribution is -2.33. The van der Waals surface area contributed by atoms with E-state index in [-0.39, 0.29) is 0 Å². The van der Waals surface area contributed by atoms with Crippen LogP contribution in [0.3, 0.4) is 0 Å². The number of aromatic nitrogens is 4. The van der Waals surface area contributed by atoms with Gasteiger partial charge in [-0.05, 0) is 62.7 Å². The van der Waals surface area contributed by atoms with Crippen molar-refractivity contribution in [2.24, 2.45) is 7.05 Å². The van der Waals surface area contributed by atoms with Gasteiger partial charge < -0.3 is 5.32 Å². The molecule has 1 saturated heterocycles. The summed E-state index contributed by atoms with van der Waals surface area (Å²) in [6.07, 6.45) is 7.89. The molecule has 140 valence electrons. The quantitative estimate of drug-likeness (QED) is 0.751. The van der Waals surface area contributed by atoms with Crippen LogP contribution in [-0.4, -0.2) is 37.7 Å². The molecule has 0 radical (unpaired) electrons. The summed E-state index contributed by atoms with van der Waals surface area (Å²) in [6.45, 7) is 5.23. The van der Waals surface area contributed by atoms with Crippen LogP contribution in [0, 0.1) is 6.92 Å². The first-order valence-electron chi connectivity index (χ1n) is 9.53. The minimum absolute atomic E-state index is 0.540. The van der Waals surface area contributed by atoms with Crippen LogP contribution in [0.5, 0.6) is 0 Å². The van der Waals surface area contributed by atoms with Gasteiger partial charge in [0, 0.05) is 37.6 Å². The number of hydrogen-bond donors (Lipinski definition) is 1. The first kappa shape index (κ1) is 17.7. The third-order valence-electron chi connectivity index (χ3n) is 5.37. The van der Waals surface area contributed by atoms with Crippen molar-refractivity contribution >= 4 is 11.5 Å². The number of pyridine rings is 2. The van der Waals surface area contributed by atoms with Gasteiger partial charge >= 0.3 is 0 Å². The fraction of sp³-hybridized carbons (Fsp3) is 0.381. The number of hydrogen-bond acceptors (Lipinski definition) is 5. The second-order valence-corrected chi connectivity index (χ2v) is 7.26. The van der Waals surface area contributed by atoms with Gasteiger partial charge in [0.1, 0.15) is 5.82 Å². The lowest BCUT2D eigenvalue weighted by molar-refractivity contribution is 0.199. The van der Waals surface area contributed by atoms with Crippen molar-refractivity contribution in [2.45, 2.75) is 32.2 Å². The van der Waals surface area contributed by atoms with E-state index in [9.17, 15) is 0 Å². The van der Waals surface area contributed by atoms with Crippen molar-refractivity contribution in [3.63, 3.8) is 0 Å². The van der Waals surface area contributed by atoms with Crippen LogP contribution in [0.1, 0.15) is 35.7 Å². The summed E-state index contributed by atoms with van der Waals surface area (Å²) in [7, 11) is 2.01. The number of piperidine rings is 1. The molecule has 0 aliphatic carbocycles. The Morgan fingerprint density at radius 1 is 1.07 bits per heavy atom. The maximum Gasteiger partial charge on any atom is 0.133 e. The highest BCUT2D eigenvalue weighted by atomic mass is 15.3. The van der Waals surface area contributed by atoms with E-state index in [1.54, 1.807) is 6.20 Å². The Morgan fingerprint density at radius 3 is 2.59 bits per heavy atom. The van der Waals surface area contributed by atoms with Gasteiger partial charge in [0.2, 0.25) is 0 Å². The molecule has 6 heteroatoms. The topological polar surface area (TPSA) is 58.9 Å². The molecule has 0 atom stereocenters. The van der Waals surface area contributed by atoms with Crippen molar-refractivity contribution in [2.75, 3.05) is 18.4 Å². The Hall–Kier alpha value is -2.73. The molecule has 6 nitrogen and oxygen atoms in total. The van der Waals surface area contributed by atoms with Crippen LogP contribution < -0.4 is 5.32 Å². The molecule has 0 unspecified atom stereocenters. The summed E-state index contributed by atoms with van der Waals surface area (Å²) in [4.78, 5) is 11.6. The smallest absolute Gasteiger partial charge is 0.133 e. The van der Waals surface area contributed by atoms with Crippen LogP contribution in [0.4, 0.5) is 11.5 Å². The number of nitrogens with zero attached hydrogens (tertiary/aromatic N) is 5. The molecule has 1 aliphatic rings. The van der Waals surface area contributed by atoms with E-state index in [0.717, 1.165) is 49.5 Å². The summed E-state index contributed by atoms with van der Waals surface area (Å²) < 4.78 is 1.96. The molecule has 3 aromatic rings.